The van der Waals surface area contributed by atoms with Gasteiger partial charge in [-0.2, -0.15) is 0 Å². The van der Waals surface area contributed by atoms with Crippen LogP contribution in [0.3, 0.4) is 0 Å². The van der Waals surface area contributed by atoms with Gasteiger partial charge in [-0.15, -0.1) is 0 Å². The van der Waals surface area contributed by atoms with E-state index in [0.29, 0.717) is 0 Å². The van der Waals surface area contributed by atoms with E-state index < -0.39 is 0 Å². The van der Waals surface area contributed by atoms with E-state index in [-0.39, 0.29) is 11.9 Å². The molecule has 1 saturated heterocycles. The lowest BCUT2D eigenvalue weighted by Crippen LogP contribution is -2.47. The number of benzene rings is 1. The Bertz CT molecular complexity index is 685. The third-order valence-corrected chi connectivity index (χ3v) is 4.50. The number of carbonyl (C=O) groups excluding carboxylic acids is 1. The summed E-state index contributed by atoms with van der Waals surface area (Å²) in [5.74, 6) is -0.0411. The Morgan fingerprint density at radius 3 is 2.84 bits per heavy atom. The lowest BCUT2D eigenvalue weighted by atomic mass is 10.0. The summed E-state index contributed by atoms with van der Waals surface area (Å²) in [7, 11) is 0. The molecule has 130 valence electrons. The third kappa shape index (κ3) is 5.84. The molecular formula is C21H25N3O. The highest BCUT2D eigenvalue weighted by atomic mass is 16.1. The summed E-state index contributed by atoms with van der Waals surface area (Å²) in [4.78, 5) is 18.8. The third-order valence-electron chi connectivity index (χ3n) is 4.50. The van der Waals surface area contributed by atoms with Gasteiger partial charge in [0.05, 0.1) is 5.69 Å². The number of aromatic nitrogens is 1. The fourth-order valence-electron chi connectivity index (χ4n) is 3.19. The van der Waals surface area contributed by atoms with Crippen LogP contribution >= 0.6 is 0 Å². The van der Waals surface area contributed by atoms with E-state index in [9.17, 15) is 4.79 Å². The lowest BCUT2D eigenvalue weighted by Gasteiger charge is -2.33. The average molecular weight is 335 g/mol. The van der Waals surface area contributed by atoms with Gasteiger partial charge in [0.2, 0.25) is 5.91 Å². The Balaban J connectivity index is 1.45. The maximum Gasteiger partial charge on any atom is 0.244 e. The first-order chi connectivity index (χ1) is 12.3. The number of likely N-dealkylation sites (tertiary alicyclic amines) is 1. The molecule has 2 heterocycles. The molecule has 1 unspecified atom stereocenters. The summed E-state index contributed by atoms with van der Waals surface area (Å²) in [5, 5.41) is 3.12. The molecule has 1 N–H and O–H groups in total. The zero-order chi connectivity index (χ0) is 17.3. The Labute approximate surface area is 149 Å². The van der Waals surface area contributed by atoms with E-state index in [1.165, 1.54) is 5.56 Å². The number of amides is 1. The molecule has 1 aromatic carbocycles. The molecule has 0 saturated carbocycles. The van der Waals surface area contributed by atoms with Gasteiger partial charge in [0.25, 0.3) is 0 Å². The van der Waals surface area contributed by atoms with Crippen molar-refractivity contribution in [1.82, 2.24) is 15.2 Å². The van der Waals surface area contributed by atoms with Crippen molar-refractivity contribution in [3.05, 3.63) is 72.1 Å². The summed E-state index contributed by atoms with van der Waals surface area (Å²) in [6, 6.07) is 16.5. The number of hydrogen-bond donors (Lipinski definition) is 1. The predicted octanol–water partition coefficient (Wildman–Crippen LogP) is 2.92. The number of carbonyl (C=O) groups is 1. The number of nitrogens with one attached hydrogen (secondary N) is 1. The van der Waals surface area contributed by atoms with E-state index in [1.807, 2.05) is 18.2 Å². The summed E-state index contributed by atoms with van der Waals surface area (Å²) in [6.45, 7) is 3.08. The number of rotatable bonds is 6. The topological polar surface area (TPSA) is 45.2 Å². The standard InChI is InChI=1S/C21H25N3O/c25-21(12-11-19-9-4-5-14-22-19)23-20-10-6-15-24(17-20)16-13-18-7-2-1-3-8-18/h1-5,7-9,11-12,14,20H,6,10,13,15-17H2,(H,23,25). The van der Waals surface area contributed by atoms with Crippen LogP contribution in [0.5, 0.6) is 0 Å². The SMILES string of the molecule is O=C(C=Cc1ccccn1)NC1CCCN(CCc2ccccc2)C1. The van der Waals surface area contributed by atoms with E-state index >= 15 is 0 Å². The summed E-state index contributed by atoms with van der Waals surface area (Å²) < 4.78 is 0. The van der Waals surface area contributed by atoms with Crippen LogP contribution in [0.15, 0.2) is 60.8 Å². The number of hydrogen-bond acceptors (Lipinski definition) is 3. The van der Waals surface area contributed by atoms with Crippen LogP contribution in [0.25, 0.3) is 6.08 Å². The van der Waals surface area contributed by atoms with E-state index in [2.05, 4.69) is 45.5 Å². The van der Waals surface area contributed by atoms with Crippen LogP contribution in [0.4, 0.5) is 0 Å². The maximum absolute atomic E-state index is 12.1. The summed E-state index contributed by atoms with van der Waals surface area (Å²) in [5.41, 5.74) is 2.16. The van der Waals surface area contributed by atoms with Crippen molar-refractivity contribution < 1.29 is 4.79 Å². The van der Waals surface area contributed by atoms with Crippen LogP contribution in [0.1, 0.15) is 24.1 Å². The molecule has 0 bridgehead atoms. The van der Waals surface area contributed by atoms with Gasteiger partial charge >= 0.3 is 0 Å². The molecule has 0 radical (unpaired) electrons. The summed E-state index contributed by atoms with van der Waals surface area (Å²) >= 11 is 0. The van der Waals surface area contributed by atoms with Gasteiger partial charge in [0, 0.05) is 31.4 Å². The molecule has 1 aliphatic rings. The molecule has 2 aromatic rings. The van der Waals surface area contributed by atoms with Gasteiger partial charge in [-0.3, -0.25) is 9.78 Å². The minimum atomic E-state index is -0.0411. The Kier molecular flexibility index (Phi) is 6.35. The van der Waals surface area contributed by atoms with E-state index in [0.717, 1.165) is 44.6 Å². The minimum Gasteiger partial charge on any atom is -0.349 e. The fraction of sp³-hybridized carbons (Fsp3) is 0.333. The molecule has 1 amide bonds. The molecule has 3 rings (SSSR count). The monoisotopic (exact) mass is 335 g/mol. The predicted molar refractivity (Wildman–Crippen MR) is 101 cm³/mol. The van der Waals surface area contributed by atoms with Gasteiger partial charge in [0.15, 0.2) is 0 Å². The molecule has 4 nitrogen and oxygen atoms in total. The van der Waals surface area contributed by atoms with Crippen molar-refractivity contribution in [2.24, 2.45) is 0 Å². The molecular weight excluding hydrogens is 310 g/mol. The Morgan fingerprint density at radius 2 is 2.04 bits per heavy atom. The molecule has 1 atom stereocenters. The molecule has 0 spiro atoms. The van der Waals surface area contributed by atoms with Crippen molar-refractivity contribution >= 4 is 12.0 Å². The first kappa shape index (κ1) is 17.4. The lowest BCUT2D eigenvalue weighted by molar-refractivity contribution is -0.117. The van der Waals surface area contributed by atoms with Crippen LogP contribution in [-0.4, -0.2) is 41.5 Å². The quantitative estimate of drug-likeness (QED) is 0.826. The van der Waals surface area contributed by atoms with Crippen molar-refractivity contribution in [3.8, 4) is 0 Å². The second-order valence-corrected chi connectivity index (χ2v) is 6.47. The minimum absolute atomic E-state index is 0.0411. The number of pyridine rings is 1. The highest BCUT2D eigenvalue weighted by Gasteiger charge is 2.20. The molecule has 1 aromatic heterocycles. The molecule has 25 heavy (non-hydrogen) atoms. The molecule has 0 aliphatic carbocycles. The van der Waals surface area contributed by atoms with E-state index in [1.54, 1.807) is 18.3 Å². The largest absolute Gasteiger partial charge is 0.349 e. The highest BCUT2D eigenvalue weighted by molar-refractivity contribution is 5.91. The maximum atomic E-state index is 12.1. The van der Waals surface area contributed by atoms with Crippen LogP contribution < -0.4 is 5.32 Å². The number of nitrogens with zero attached hydrogens (tertiary/aromatic N) is 2. The van der Waals surface area contributed by atoms with Crippen LogP contribution in [-0.2, 0) is 11.2 Å². The number of piperidine rings is 1. The van der Waals surface area contributed by atoms with Gasteiger partial charge < -0.3 is 10.2 Å². The van der Waals surface area contributed by atoms with Gasteiger partial charge in [-0.05, 0) is 49.6 Å². The first-order valence-corrected chi connectivity index (χ1v) is 8.95. The second-order valence-electron chi connectivity index (χ2n) is 6.47. The Hall–Kier alpha value is -2.46. The van der Waals surface area contributed by atoms with Gasteiger partial charge in [-0.25, -0.2) is 0 Å². The van der Waals surface area contributed by atoms with Crippen molar-refractivity contribution in [3.63, 3.8) is 0 Å². The molecule has 1 aliphatic heterocycles. The smallest absolute Gasteiger partial charge is 0.244 e. The zero-order valence-corrected chi connectivity index (χ0v) is 14.5. The van der Waals surface area contributed by atoms with Crippen molar-refractivity contribution in [1.29, 1.82) is 0 Å². The van der Waals surface area contributed by atoms with E-state index in [4.69, 9.17) is 0 Å². The van der Waals surface area contributed by atoms with Crippen LogP contribution in [0.2, 0.25) is 0 Å². The average Bonchev–Trinajstić information content (AvgIpc) is 2.67. The highest BCUT2D eigenvalue weighted by Crippen LogP contribution is 2.11. The summed E-state index contributed by atoms with van der Waals surface area (Å²) in [6.07, 6.45) is 8.29. The van der Waals surface area contributed by atoms with Gasteiger partial charge in [0.1, 0.15) is 0 Å². The first-order valence-electron chi connectivity index (χ1n) is 8.95. The molecule has 4 heteroatoms. The normalized spacial score (nSPS) is 18.3. The Morgan fingerprint density at radius 1 is 1.20 bits per heavy atom. The fourth-order valence-corrected chi connectivity index (χ4v) is 3.19. The van der Waals surface area contributed by atoms with Crippen molar-refractivity contribution in [2.75, 3.05) is 19.6 Å². The van der Waals surface area contributed by atoms with Crippen LogP contribution in [0, 0.1) is 0 Å². The second kappa shape index (κ2) is 9.14. The van der Waals surface area contributed by atoms with Crippen molar-refractivity contribution in [2.45, 2.75) is 25.3 Å². The molecule has 1 fully saturated rings. The zero-order valence-electron chi connectivity index (χ0n) is 14.5. The van der Waals surface area contributed by atoms with Gasteiger partial charge in [-0.1, -0.05) is 36.4 Å².